The zero-order valence-electron chi connectivity index (χ0n) is 15.0. The van der Waals surface area contributed by atoms with Crippen molar-refractivity contribution in [1.29, 1.82) is 0 Å². The molecule has 2 aromatic heterocycles. The van der Waals surface area contributed by atoms with Crippen molar-refractivity contribution < 1.29 is 4.79 Å². The van der Waals surface area contributed by atoms with E-state index in [9.17, 15) is 4.79 Å². The Morgan fingerprint density at radius 2 is 1.89 bits per heavy atom. The van der Waals surface area contributed by atoms with Crippen molar-refractivity contribution in [1.82, 2.24) is 14.8 Å². The molecular formula is C20H20ClN3OS2. The van der Waals surface area contributed by atoms with E-state index in [2.05, 4.69) is 22.0 Å². The quantitative estimate of drug-likeness (QED) is 0.612. The van der Waals surface area contributed by atoms with Gasteiger partial charge in [0.15, 0.2) is 0 Å². The lowest BCUT2D eigenvalue weighted by molar-refractivity contribution is 0.0632. The number of thiazole rings is 1. The van der Waals surface area contributed by atoms with E-state index in [1.807, 2.05) is 41.5 Å². The summed E-state index contributed by atoms with van der Waals surface area (Å²) < 4.78 is 0. The van der Waals surface area contributed by atoms with Crippen LogP contribution in [0.1, 0.15) is 20.9 Å². The Morgan fingerprint density at radius 1 is 1.15 bits per heavy atom. The van der Waals surface area contributed by atoms with E-state index in [1.165, 1.54) is 16.9 Å². The molecule has 1 fully saturated rings. The summed E-state index contributed by atoms with van der Waals surface area (Å²) in [7, 11) is 0. The maximum atomic E-state index is 13.0. The van der Waals surface area contributed by atoms with Crippen LogP contribution >= 0.6 is 34.3 Å². The molecule has 0 saturated carbocycles. The van der Waals surface area contributed by atoms with E-state index in [4.69, 9.17) is 11.6 Å². The Morgan fingerprint density at radius 3 is 2.56 bits per heavy atom. The SMILES string of the molecule is Cc1nc(-c2cccs2)sc1C(=O)N1CCN(Cc2ccc(Cl)cc2)CC1. The molecule has 4 rings (SSSR count). The average molecular weight is 418 g/mol. The minimum absolute atomic E-state index is 0.110. The average Bonchev–Trinajstić information content (AvgIpc) is 3.33. The molecule has 7 heteroatoms. The van der Waals surface area contributed by atoms with Crippen LogP contribution < -0.4 is 0 Å². The third-order valence-corrected chi connectivity index (χ3v) is 7.14. The molecule has 0 radical (unpaired) electrons. The Bertz CT molecular complexity index is 913. The van der Waals surface area contributed by atoms with E-state index >= 15 is 0 Å². The summed E-state index contributed by atoms with van der Waals surface area (Å²) >= 11 is 9.11. The third-order valence-electron chi connectivity index (χ3n) is 4.70. The number of hydrogen-bond acceptors (Lipinski definition) is 5. The maximum absolute atomic E-state index is 13.0. The number of halogens is 1. The van der Waals surface area contributed by atoms with Gasteiger partial charge in [-0.2, -0.15) is 0 Å². The Labute approximate surface area is 172 Å². The van der Waals surface area contributed by atoms with E-state index in [-0.39, 0.29) is 5.91 Å². The standard InChI is InChI=1S/C20H20ClN3OS2/c1-14-18(27-19(22-14)17-3-2-12-26-17)20(25)24-10-8-23(9-11-24)13-15-4-6-16(21)7-5-15/h2-7,12H,8-11,13H2,1H3. The van der Waals surface area contributed by atoms with Crippen molar-refractivity contribution in [2.75, 3.05) is 26.2 Å². The molecule has 3 heterocycles. The number of carbonyl (C=O) groups is 1. The molecule has 1 aromatic carbocycles. The van der Waals surface area contributed by atoms with Crippen LogP contribution in [0.5, 0.6) is 0 Å². The molecule has 1 amide bonds. The van der Waals surface area contributed by atoms with E-state index in [0.29, 0.717) is 0 Å². The van der Waals surface area contributed by atoms with Gasteiger partial charge in [-0.3, -0.25) is 9.69 Å². The smallest absolute Gasteiger partial charge is 0.265 e. The lowest BCUT2D eigenvalue weighted by Crippen LogP contribution is -2.48. The van der Waals surface area contributed by atoms with Crippen LogP contribution in [-0.2, 0) is 6.54 Å². The number of aromatic nitrogens is 1. The number of hydrogen-bond donors (Lipinski definition) is 0. The molecule has 140 valence electrons. The first kappa shape index (κ1) is 18.6. The van der Waals surface area contributed by atoms with Gasteiger partial charge in [-0.05, 0) is 36.1 Å². The highest BCUT2D eigenvalue weighted by Gasteiger charge is 2.25. The van der Waals surface area contributed by atoms with Gasteiger partial charge in [0, 0.05) is 37.7 Å². The first-order valence-electron chi connectivity index (χ1n) is 8.87. The van der Waals surface area contributed by atoms with Gasteiger partial charge in [-0.1, -0.05) is 29.8 Å². The Hall–Kier alpha value is -1.73. The van der Waals surface area contributed by atoms with Gasteiger partial charge in [-0.15, -0.1) is 22.7 Å². The fourth-order valence-electron chi connectivity index (χ4n) is 3.20. The molecule has 3 aromatic rings. The number of carbonyl (C=O) groups excluding carboxylic acids is 1. The molecule has 1 saturated heterocycles. The molecule has 0 aliphatic carbocycles. The Kier molecular flexibility index (Phi) is 5.59. The summed E-state index contributed by atoms with van der Waals surface area (Å²) in [6.45, 7) is 6.07. The molecule has 0 N–H and O–H groups in total. The number of aryl methyl sites for hydroxylation is 1. The van der Waals surface area contributed by atoms with Crippen molar-refractivity contribution in [2.24, 2.45) is 0 Å². The van der Waals surface area contributed by atoms with Gasteiger partial charge < -0.3 is 4.90 Å². The van der Waals surface area contributed by atoms with Gasteiger partial charge in [0.2, 0.25) is 0 Å². The molecule has 27 heavy (non-hydrogen) atoms. The summed E-state index contributed by atoms with van der Waals surface area (Å²) in [5, 5.41) is 3.73. The number of rotatable bonds is 4. The fourth-order valence-corrected chi connectivity index (χ4v) is 5.16. The third kappa shape index (κ3) is 4.24. The van der Waals surface area contributed by atoms with E-state index in [1.54, 1.807) is 11.3 Å². The first-order valence-corrected chi connectivity index (χ1v) is 10.9. The van der Waals surface area contributed by atoms with Gasteiger partial charge in [0.1, 0.15) is 9.88 Å². The molecule has 1 aliphatic rings. The van der Waals surface area contributed by atoms with Crippen molar-refractivity contribution in [2.45, 2.75) is 13.5 Å². The summed E-state index contributed by atoms with van der Waals surface area (Å²) in [4.78, 5) is 23.8. The lowest BCUT2D eigenvalue weighted by Gasteiger charge is -2.34. The Balaban J connectivity index is 1.38. The van der Waals surface area contributed by atoms with Crippen LogP contribution in [0.2, 0.25) is 5.02 Å². The fraction of sp³-hybridized carbons (Fsp3) is 0.300. The summed E-state index contributed by atoms with van der Waals surface area (Å²) in [6.07, 6.45) is 0. The number of amides is 1. The summed E-state index contributed by atoms with van der Waals surface area (Å²) in [5.41, 5.74) is 2.08. The van der Waals surface area contributed by atoms with Crippen molar-refractivity contribution in [3.05, 3.63) is 62.9 Å². The topological polar surface area (TPSA) is 36.4 Å². The maximum Gasteiger partial charge on any atom is 0.265 e. The molecular weight excluding hydrogens is 398 g/mol. The minimum atomic E-state index is 0.110. The van der Waals surface area contributed by atoms with Crippen molar-refractivity contribution in [3.8, 4) is 9.88 Å². The predicted octanol–water partition coefficient (Wildman–Crippen LogP) is 4.79. The number of thiophene rings is 1. The number of piperazine rings is 1. The second kappa shape index (κ2) is 8.10. The molecule has 0 unspecified atom stereocenters. The van der Waals surface area contributed by atoms with Gasteiger partial charge in [0.25, 0.3) is 5.91 Å². The highest BCUT2D eigenvalue weighted by Crippen LogP contribution is 2.31. The van der Waals surface area contributed by atoms with Gasteiger partial charge in [0.05, 0.1) is 10.6 Å². The zero-order chi connectivity index (χ0) is 18.8. The zero-order valence-corrected chi connectivity index (χ0v) is 17.4. The second-order valence-electron chi connectivity index (χ2n) is 6.61. The van der Waals surface area contributed by atoms with Crippen LogP contribution in [0.4, 0.5) is 0 Å². The lowest BCUT2D eigenvalue weighted by atomic mass is 10.2. The number of benzene rings is 1. The van der Waals surface area contributed by atoms with E-state index < -0.39 is 0 Å². The minimum Gasteiger partial charge on any atom is -0.335 e. The largest absolute Gasteiger partial charge is 0.335 e. The number of nitrogens with zero attached hydrogens (tertiary/aromatic N) is 3. The van der Waals surface area contributed by atoms with Crippen LogP contribution in [0.3, 0.4) is 0 Å². The summed E-state index contributed by atoms with van der Waals surface area (Å²) in [5.74, 6) is 0.110. The van der Waals surface area contributed by atoms with Crippen molar-refractivity contribution >= 4 is 40.2 Å². The van der Waals surface area contributed by atoms with Gasteiger partial charge in [-0.25, -0.2) is 4.98 Å². The highest BCUT2D eigenvalue weighted by molar-refractivity contribution is 7.22. The monoisotopic (exact) mass is 417 g/mol. The van der Waals surface area contributed by atoms with Crippen LogP contribution in [-0.4, -0.2) is 46.9 Å². The predicted molar refractivity (Wildman–Crippen MR) is 113 cm³/mol. The van der Waals surface area contributed by atoms with Crippen LogP contribution in [0.15, 0.2) is 41.8 Å². The summed E-state index contributed by atoms with van der Waals surface area (Å²) in [6, 6.07) is 12.0. The molecule has 0 spiro atoms. The van der Waals surface area contributed by atoms with Crippen LogP contribution in [0, 0.1) is 6.92 Å². The molecule has 4 nitrogen and oxygen atoms in total. The van der Waals surface area contributed by atoms with Crippen molar-refractivity contribution in [3.63, 3.8) is 0 Å². The normalized spacial score (nSPS) is 15.3. The second-order valence-corrected chi connectivity index (χ2v) is 8.99. The molecule has 0 bridgehead atoms. The van der Waals surface area contributed by atoms with E-state index in [0.717, 1.165) is 58.2 Å². The highest BCUT2D eigenvalue weighted by atomic mass is 35.5. The molecule has 0 atom stereocenters. The van der Waals surface area contributed by atoms with Gasteiger partial charge >= 0.3 is 0 Å². The van der Waals surface area contributed by atoms with Crippen LogP contribution in [0.25, 0.3) is 9.88 Å². The first-order chi connectivity index (χ1) is 13.1. The molecule has 1 aliphatic heterocycles.